The number of hydrogen-bond acceptors (Lipinski definition) is 5. The molecule has 2 aromatic carbocycles. The Morgan fingerprint density at radius 3 is 2.61 bits per heavy atom. The molecule has 0 spiro atoms. The first-order chi connectivity index (χ1) is 14.8. The Balaban J connectivity index is 1.42. The van der Waals surface area contributed by atoms with Crippen molar-refractivity contribution in [2.24, 2.45) is 5.92 Å². The predicted octanol–water partition coefficient (Wildman–Crippen LogP) is 2.58. The van der Waals surface area contributed by atoms with Crippen molar-refractivity contribution in [1.29, 1.82) is 0 Å². The van der Waals surface area contributed by atoms with Crippen LogP contribution >= 0.6 is 0 Å². The van der Waals surface area contributed by atoms with Crippen LogP contribution in [-0.2, 0) is 19.6 Å². The Bertz CT molecular complexity index is 1130. The van der Waals surface area contributed by atoms with Gasteiger partial charge in [0.05, 0.1) is 16.3 Å². The molecule has 2 heterocycles. The maximum Gasteiger partial charge on any atom is 0.265 e. The fourth-order valence-corrected chi connectivity index (χ4v) is 5.15. The molecule has 0 saturated carbocycles. The molecule has 0 aromatic heterocycles. The van der Waals surface area contributed by atoms with Crippen molar-refractivity contribution < 1.29 is 27.1 Å². The summed E-state index contributed by atoms with van der Waals surface area (Å²) in [4.78, 5) is 24.3. The van der Waals surface area contributed by atoms with Crippen LogP contribution in [0.1, 0.15) is 19.8 Å². The number of amides is 2. The number of benzene rings is 2. The molecule has 0 radical (unpaired) electrons. The summed E-state index contributed by atoms with van der Waals surface area (Å²) < 4.78 is 46.6. The number of piperidine rings is 1. The van der Waals surface area contributed by atoms with Crippen LogP contribution < -0.4 is 15.4 Å². The summed E-state index contributed by atoms with van der Waals surface area (Å²) in [7, 11) is -3.81. The largest absolute Gasteiger partial charge is 0.479 e. The number of halogens is 1. The molecule has 2 aliphatic heterocycles. The lowest BCUT2D eigenvalue weighted by molar-refractivity contribution is -0.123. The maximum absolute atomic E-state index is 13.8. The predicted molar refractivity (Wildman–Crippen MR) is 112 cm³/mol. The fourth-order valence-electron chi connectivity index (χ4n) is 3.65. The minimum absolute atomic E-state index is 0.0407. The van der Waals surface area contributed by atoms with Gasteiger partial charge in [-0.3, -0.25) is 9.59 Å². The molecule has 8 nitrogen and oxygen atoms in total. The standard InChI is InChI=1S/C21H22FN3O5S/c1-13-20(26)24-18-12-15(6-7-19(18)30-13)31(28,29)25-10-8-14(9-11-25)21(27)23-17-5-3-2-4-16(17)22/h2-7,12-14H,8-11H2,1H3,(H,23,27)(H,24,26)/t13-/m0/s1. The Morgan fingerprint density at radius 2 is 1.90 bits per heavy atom. The van der Waals surface area contributed by atoms with Crippen LogP contribution in [-0.4, -0.2) is 43.7 Å². The second-order valence-corrected chi connectivity index (χ2v) is 9.49. The number of nitrogens with one attached hydrogen (secondary N) is 2. The average molecular weight is 447 g/mol. The third-order valence-electron chi connectivity index (χ3n) is 5.48. The quantitative estimate of drug-likeness (QED) is 0.750. The van der Waals surface area contributed by atoms with Crippen LogP contribution in [0.25, 0.3) is 0 Å². The highest BCUT2D eigenvalue weighted by Gasteiger charge is 2.33. The number of nitrogens with zero attached hydrogens (tertiary/aromatic N) is 1. The van der Waals surface area contributed by atoms with Crippen LogP contribution in [0.4, 0.5) is 15.8 Å². The lowest BCUT2D eigenvalue weighted by Gasteiger charge is -2.31. The molecule has 0 bridgehead atoms. The second-order valence-electron chi connectivity index (χ2n) is 7.55. The molecule has 164 valence electrons. The van der Waals surface area contributed by atoms with Crippen molar-refractivity contribution >= 4 is 33.2 Å². The average Bonchev–Trinajstić information content (AvgIpc) is 2.76. The van der Waals surface area contributed by atoms with Gasteiger partial charge in [-0.05, 0) is 50.1 Å². The summed E-state index contributed by atoms with van der Waals surface area (Å²) in [6.07, 6.45) is -0.00612. The van der Waals surface area contributed by atoms with E-state index in [2.05, 4.69) is 10.6 Å². The lowest BCUT2D eigenvalue weighted by atomic mass is 9.97. The van der Waals surface area contributed by atoms with E-state index >= 15 is 0 Å². The van der Waals surface area contributed by atoms with Crippen molar-refractivity contribution in [1.82, 2.24) is 4.31 Å². The zero-order chi connectivity index (χ0) is 22.2. The number of fused-ring (bicyclic) bond motifs is 1. The Hall–Kier alpha value is -2.98. The van der Waals surface area contributed by atoms with E-state index in [0.29, 0.717) is 24.3 Å². The highest BCUT2D eigenvalue weighted by molar-refractivity contribution is 7.89. The van der Waals surface area contributed by atoms with Gasteiger partial charge in [-0.1, -0.05) is 12.1 Å². The first-order valence-corrected chi connectivity index (χ1v) is 11.4. The van der Waals surface area contributed by atoms with Crippen LogP contribution in [0.5, 0.6) is 5.75 Å². The Kier molecular flexibility index (Phi) is 5.67. The number of carbonyl (C=O) groups is 2. The summed E-state index contributed by atoms with van der Waals surface area (Å²) in [5.74, 6) is -1.19. The molecule has 1 atom stereocenters. The molecule has 4 rings (SSSR count). The van der Waals surface area contributed by atoms with Crippen molar-refractivity contribution in [3.05, 3.63) is 48.3 Å². The van der Waals surface area contributed by atoms with E-state index in [1.807, 2.05) is 0 Å². The number of sulfonamides is 1. The van der Waals surface area contributed by atoms with E-state index < -0.39 is 27.9 Å². The Morgan fingerprint density at radius 1 is 1.19 bits per heavy atom. The maximum atomic E-state index is 13.8. The van der Waals surface area contributed by atoms with E-state index in [1.54, 1.807) is 13.0 Å². The van der Waals surface area contributed by atoms with Gasteiger partial charge in [-0.2, -0.15) is 4.31 Å². The van der Waals surface area contributed by atoms with Gasteiger partial charge < -0.3 is 15.4 Å². The number of hydrogen-bond donors (Lipinski definition) is 2. The van der Waals surface area contributed by atoms with Gasteiger partial charge >= 0.3 is 0 Å². The van der Waals surface area contributed by atoms with Crippen LogP contribution in [0, 0.1) is 11.7 Å². The van der Waals surface area contributed by atoms with Crippen molar-refractivity contribution in [2.75, 3.05) is 23.7 Å². The smallest absolute Gasteiger partial charge is 0.265 e. The Labute approximate surface area is 179 Å². The number of anilines is 2. The number of carbonyl (C=O) groups excluding carboxylic acids is 2. The van der Waals surface area contributed by atoms with Crippen molar-refractivity contribution in [3.63, 3.8) is 0 Å². The summed E-state index contributed by atoms with van der Waals surface area (Å²) in [6.45, 7) is 1.93. The van der Waals surface area contributed by atoms with E-state index in [1.165, 1.54) is 40.7 Å². The van der Waals surface area contributed by atoms with E-state index in [0.717, 1.165) is 0 Å². The molecular formula is C21H22FN3O5S. The summed E-state index contributed by atoms with van der Waals surface area (Å²) in [5.41, 5.74) is 0.415. The van der Waals surface area contributed by atoms with Crippen LogP contribution in [0.2, 0.25) is 0 Å². The number of rotatable bonds is 4. The zero-order valence-corrected chi connectivity index (χ0v) is 17.6. The molecule has 1 saturated heterocycles. The SMILES string of the molecule is C[C@@H]1Oc2ccc(S(=O)(=O)N3CCC(C(=O)Nc4ccccc4F)CC3)cc2NC1=O. The third kappa shape index (κ3) is 4.26. The summed E-state index contributed by atoms with van der Waals surface area (Å²) in [6, 6.07) is 10.2. The van der Waals surface area contributed by atoms with E-state index in [9.17, 15) is 22.4 Å². The molecule has 1 fully saturated rings. The van der Waals surface area contributed by atoms with Gasteiger partial charge in [0.15, 0.2) is 6.10 Å². The molecule has 2 N–H and O–H groups in total. The monoisotopic (exact) mass is 447 g/mol. The molecule has 2 aliphatic rings. The zero-order valence-electron chi connectivity index (χ0n) is 16.8. The molecule has 10 heteroatoms. The third-order valence-corrected chi connectivity index (χ3v) is 7.37. The van der Waals surface area contributed by atoms with Gasteiger partial charge in [0.1, 0.15) is 11.6 Å². The highest BCUT2D eigenvalue weighted by atomic mass is 32.2. The fraction of sp³-hybridized carbons (Fsp3) is 0.333. The lowest BCUT2D eigenvalue weighted by Crippen LogP contribution is -2.41. The first kappa shape index (κ1) is 21.3. The summed E-state index contributed by atoms with van der Waals surface area (Å²) >= 11 is 0. The molecule has 31 heavy (non-hydrogen) atoms. The second kappa shape index (κ2) is 8.27. The van der Waals surface area contributed by atoms with Gasteiger partial charge in [0.25, 0.3) is 5.91 Å². The highest BCUT2D eigenvalue weighted by Crippen LogP contribution is 2.33. The minimum Gasteiger partial charge on any atom is -0.479 e. The van der Waals surface area contributed by atoms with Gasteiger partial charge in [-0.25, -0.2) is 12.8 Å². The number of ether oxygens (including phenoxy) is 1. The topological polar surface area (TPSA) is 105 Å². The summed E-state index contributed by atoms with van der Waals surface area (Å²) in [5, 5.41) is 5.22. The number of para-hydroxylation sites is 1. The van der Waals surface area contributed by atoms with E-state index in [-0.39, 0.29) is 35.5 Å². The van der Waals surface area contributed by atoms with Crippen molar-refractivity contribution in [3.8, 4) is 5.75 Å². The minimum atomic E-state index is -3.81. The molecular weight excluding hydrogens is 425 g/mol. The molecule has 2 aromatic rings. The van der Waals surface area contributed by atoms with Gasteiger partial charge in [0.2, 0.25) is 15.9 Å². The molecule has 0 aliphatic carbocycles. The molecule has 0 unspecified atom stereocenters. The van der Waals surface area contributed by atoms with Gasteiger partial charge in [-0.15, -0.1) is 0 Å². The molecule has 2 amide bonds. The van der Waals surface area contributed by atoms with Crippen molar-refractivity contribution in [2.45, 2.75) is 30.8 Å². The van der Waals surface area contributed by atoms with Gasteiger partial charge in [0, 0.05) is 19.0 Å². The van der Waals surface area contributed by atoms with Crippen LogP contribution in [0.15, 0.2) is 47.4 Å². The first-order valence-electron chi connectivity index (χ1n) is 9.93. The van der Waals surface area contributed by atoms with Crippen LogP contribution in [0.3, 0.4) is 0 Å². The normalized spacial score (nSPS) is 19.8. The van der Waals surface area contributed by atoms with E-state index in [4.69, 9.17) is 4.74 Å².